The number of pyridine rings is 2. The zero-order valence-electron chi connectivity index (χ0n) is 11.5. The van der Waals surface area contributed by atoms with Crippen molar-refractivity contribution in [1.29, 1.82) is 10.5 Å². The van der Waals surface area contributed by atoms with E-state index in [-0.39, 0.29) is 0 Å². The normalized spacial score (nSPS) is 11.5. The fraction of sp³-hybridized carbons (Fsp3) is 0.125. The third kappa shape index (κ3) is 4.95. The van der Waals surface area contributed by atoms with Gasteiger partial charge in [-0.3, -0.25) is 9.97 Å². The summed E-state index contributed by atoms with van der Waals surface area (Å²) in [6.07, 6.45) is 7.45. The molecule has 6 nitrogen and oxygen atoms in total. The van der Waals surface area contributed by atoms with Crippen LogP contribution in [0.3, 0.4) is 0 Å². The van der Waals surface area contributed by atoms with Crippen molar-refractivity contribution in [3.63, 3.8) is 0 Å². The number of carbonyl (C=O) groups excluding carboxylic acids is 2. The standard InChI is InChI=1S/2C8H6N2O/c2*9-4-8(6-11)7-2-1-3-10-5-7/h2*1-3,5-6,8H. The smallest absolute Gasteiger partial charge is 0.141 e. The molecule has 2 unspecified atom stereocenters. The lowest BCUT2D eigenvalue weighted by molar-refractivity contribution is -0.108. The van der Waals surface area contributed by atoms with Crippen molar-refractivity contribution in [1.82, 2.24) is 9.97 Å². The van der Waals surface area contributed by atoms with Gasteiger partial charge in [0, 0.05) is 24.8 Å². The topological polar surface area (TPSA) is 107 Å². The van der Waals surface area contributed by atoms with E-state index in [4.69, 9.17) is 10.5 Å². The molecule has 0 saturated carbocycles. The molecule has 0 aromatic carbocycles. The molecule has 2 rings (SSSR count). The summed E-state index contributed by atoms with van der Waals surface area (Å²) in [5.74, 6) is -1.35. The lowest BCUT2D eigenvalue weighted by Gasteiger charge is -1.97. The molecule has 0 amide bonds. The maximum Gasteiger partial charge on any atom is 0.141 e. The summed E-state index contributed by atoms with van der Waals surface area (Å²) >= 11 is 0. The van der Waals surface area contributed by atoms with Gasteiger partial charge < -0.3 is 9.59 Å². The van der Waals surface area contributed by atoms with Gasteiger partial charge in [-0.05, 0) is 23.3 Å². The Morgan fingerprint density at radius 3 is 1.50 bits per heavy atom. The Balaban J connectivity index is 0.000000220. The lowest BCUT2D eigenvalue weighted by Crippen LogP contribution is -1.96. The Bertz CT molecular complexity index is 613. The van der Waals surface area contributed by atoms with E-state index in [2.05, 4.69) is 9.97 Å². The first-order chi connectivity index (χ1) is 10.8. The summed E-state index contributed by atoms with van der Waals surface area (Å²) < 4.78 is 0. The molecule has 0 aliphatic carbocycles. The second kappa shape index (κ2) is 9.51. The number of nitrogens with zero attached hydrogens (tertiary/aromatic N) is 4. The van der Waals surface area contributed by atoms with E-state index in [1.165, 1.54) is 12.4 Å². The van der Waals surface area contributed by atoms with Gasteiger partial charge in [0.2, 0.25) is 0 Å². The lowest BCUT2D eigenvalue weighted by atomic mass is 10.1. The molecule has 0 aliphatic heterocycles. The molecule has 0 bridgehead atoms. The molecule has 0 spiro atoms. The first kappa shape index (κ1) is 16.7. The highest BCUT2D eigenvalue weighted by Crippen LogP contribution is 2.09. The number of hydrogen-bond acceptors (Lipinski definition) is 6. The maximum absolute atomic E-state index is 10.3. The number of rotatable bonds is 4. The van der Waals surface area contributed by atoms with Crippen LogP contribution in [-0.4, -0.2) is 22.5 Å². The zero-order valence-corrected chi connectivity index (χ0v) is 11.5. The Labute approximate surface area is 127 Å². The van der Waals surface area contributed by atoms with E-state index in [1.54, 1.807) is 36.7 Å². The minimum atomic E-state index is -0.677. The Morgan fingerprint density at radius 1 is 0.864 bits per heavy atom. The van der Waals surface area contributed by atoms with Crippen LogP contribution in [0.5, 0.6) is 0 Å². The van der Waals surface area contributed by atoms with Crippen molar-refractivity contribution < 1.29 is 9.59 Å². The highest BCUT2D eigenvalue weighted by Gasteiger charge is 2.07. The van der Waals surface area contributed by atoms with Gasteiger partial charge in [-0.25, -0.2) is 0 Å². The minimum absolute atomic E-state index is 0.608. The molecular formula is C16H12N4O2. The van der Waals surface area contributed by atoms with E-state index in [0.717, 1.165) is 0 Å². The number of carbonyl (C=O) groups is 2. The largest absolute Gasteiger partial charge is 0.302 e. The number of nitriles is 2. The second-order valence-corrected chi connectivity index (χ2v) is 4.06. The summed E-state index contributed by atoms with van der Waals surface area (Å²) in [6, 6.07) is 10.5. The SMILES string of the molecule is N#CC(C=O)c1cccnc1.N#CC(C=O)c1cccnc1. The Morgan fingerprint density at radius 2 is 1.27 bits per heavy atom. The quantitative estimate of drug-likeness (QED) is 0.795. The highest BCUT2D eigenvalue weighted by atomic mass is 16.1. The van der Waals surface area contributed by atoms with Crippen molar-refractivity contribution >= 4 is 12.6 Å². The molecule has 0 saturated heterocycles. The molecule has 2 heterocycles. The van der Waals surface area contributed by atoms with Crippen LogP contribution >= 0.6 is 0 Å². The summed E-state index contributed by atoms with van der Waals surface area (Å²) in [5, 5.41) is 16.9. The molecule has 0 N–H and O–H groups in total. The van der Waals surface area contributed by atoms with Crippen molar-refractivity contribution in [3.05, 3.63) is 60.2 Å². The van der Waals surface area contributed by atoms with Crippen LogP contribution in [0.4, 0.5) is 0 Å². The average Bonchev–Trinajstić information content (AvgIpc) is 2.60. The monoisotopic (exact) mass is 292 g/mol. The second-order valence-electron chi connectivity index (χ2n) is 4.06. The Hall–Kier alpha value is -3.38. The van der Waals surface area contributed by atoms with E-state index in [0.29, 0.717) is 23.7 Å². The molecule has 2 atom stereocenters. The Kier molecular flexibility index (Phi) is 7.21. The average molecular weight is 292 g/mol. The molecular weight excluding hydrogens is 280 g/mol. The van der Waals surface area contributed by atoms with Gasteiger partial charge in [0.1, 0.15) is 24.4 Å². The molecule has 22 heavy (non-hydrogen) atoms. The third-order valence-electron chi connectivity index (χ3n) is 2.64. The van der Waals surface area contributed by atoms with Gasteiger partial charge in [-0.2, -0.15) is 10.5 Å². The summed E-state index contributed by atoms with van der Waals surface area (Å²) in [6.45, 7) is 0. The molecule has 2 aromatic rings. The van der Waals surface area contributed by atoms with Crippen LogP contribution in [0.25, 0.3) is 0 Å². The summed E-state index contributed by atoms with van der Waals surface area (Å²) in [5.41, 5.74) is 1.29. The van der Waals surface area contributed by atoms with Gasteiger partial charge in [-0.15, -0.1) is 0 Å². The van der Waals surface area contributed by atoms with E-state index >= 15 is 0 Å². The van der Waals surface area contributed by atoms with Gasteiger partial charge in [0.05, 0.1) is 12.1 Å². The van der Waals surface area contributed by atoms with Crippen molar-refractivity contribution in [2.24, 2.45) is 0 Å². The fourth-order valence-corrected chi connectivity index (χ4v) is 1.49. The minimum Gasteiger partial charge on any atom is -0.302 e. The van der Waals surface area contributed by atoms with Crippen LogP contribution in [0.2, 0.25) is 0 Å². The first-order valence-electron chi connectivity index (χ1n) is 6.26. The molecule has 0 radical (unpaired) electrons. The van der Waals surface area contributed by atoms with Crippen LogP contribution in [0.15, 0.2) is 49.1 Å². The number of hydrogen-bond donors (Lipinski definition) is 0. The number of aromatic nitrogens is 2. The summed E-state index contributed by atoms with van der Waals surface area (Å²) in [4.78, 5) is 28.2. The first-order valence-corrected chi connectivity index (χ1v) is 6.26. The molecule has 2 aromatic heterocycles. The maximum atomic E-state index is 10.3. The van der Waals surface area contributed by atoms with Crippen LogP contribution < -0.4 is 0 Å². The molecule has 0 aliphatic rings. The van der Waals surface area contributed by atoms with Crippen LogP contribution in [0, 0.1) is 22.7 Å². The third-order valence-corrected chi connectivity index (χ3v) is 2.64. The predicted octanol–water partition coefficient (Wildman–Crippen LogP) is 1.78. The van der Waals surface area contributed by atoms with Gasteiger partial charge in [0.15, 0.2) is 0 Å². The summed E-state index contributed by atoms with van der Waals surface area (Å²) in [7, 11) is 0. The van der Waals surface area contributed by atoms with Crippen LogP contribution in [0.1, 0.15) is 23.0 Å². The van der Waals surface area contributed by atoms with Crippen LogP contribution in [-0.2, 0) is 9.59 Å². The van der Waals surface area contributed by atoms with E-state index in [9.17, 15) is 9.59 Å². The predicted molar refractivity (Wildman–Crippen MR) is 77.3 cm³/mol. The van der Waals surface area contributed by atoms with Crippen molar-refractivity contribution in [3.8, 4) is 12.1 Å². The highest BCUT2D eigenvalue weighted by molar-refractivity contribution is 5.66. The molecule has 6 heteroatoms. The van der Waals surface area contributed by atoms with Crippen molar-refractivity contribution in [2.75, 3.05) is 0 Å². The number of aldehydes is 2. The zero-order chi connectivity index (χ0) is 16.2. The van der Waals surface area contributed by atoms with Gasteiger partial charge in [-0.1, -0.05) is 12.1 Å². The molecule has 108 valence electrons. The molecule has 0 fully saturated rings. The van der Waals surface area contributed by atoms with E-state index in [1.807, 2.05) is 12.1 Å². The van der Waals surface area contributed by atoms with E-state index < -0.39 is 11.8 Å². The van der Waals surface area contributed by atoms with Gasteiger partial charge in [0.25, 0.3) is 0 Å². The van der Waals surface area contributed by atoms with Crippen molar-refractivity contribution in [2.45, 2.75) is 11.8 Å². The fourth-order valence-electron chi connectivity index (χ4n) is 1.49. The van der Waals surface area contributed by atoms with Gasteiger partial charge >= 0.3 is 0 Å².